The molecule has 4 heteroatoms. The van der Waals surface area contributed by atoms with E-state index < -0.39 is 0 Å². The van der Waals surface area contributed by atoms with E-state index >= 15 is 0 Å². The molecule has 1 aliphatic carbocycles. The van der Waals surface area contributed by atoms with Gasteiger partial charge in [-0.05, 0) is 52.5 Å². The van der Waals surface area contributed by atoms with Crippen LogP contribution in [0.2, 0.25) is 0 Å². The van der Waals surface area contributed by atoms with Gasteiger partial charge in [0, 0.05) is 17.6 Å². The second-order valence-electron chi connectivity index (χ2n) is 5.62. The number of hydrogen-bond acceptors (Lipinski definition) is 4. The third-order valence-electron chi connectivity index (χ3n) is 4.02. The number of hydrogen-bond donors (Lipinski definition) is 1. The SMILES string of the molecule is Cc1csc([C@@H](C)N(C)CC2CCC(O)CC2)n1. The van der Waals surface area contributed by atoms with E-state index in [1.807, 2.05) is 0 Å². The highest BCUT2D eigenvalue weighted by atomic mass is 32.1. The maximum atomic E-state index is 9.53. The summed E-state index contributed by atoms with van der Waals surface area (Å²) in [6.45, 7) is 5.40. The molecule has 1 aromatic rings. The third-order valence-corrected chi connectivity index (χ3v) is 5.15. The molecule has 2 rings (SSSR count). The van der Waals surface area contributed by atoms with Crippen LogP contribution in [0.25, 0.3) is 0 Å². The largest absolute Gasteiger partial charge is 0.393 e. The van der Waals surface area contributed by atoms with Gasteiger partial charge in [-0.3, -0.25) is 4.90 Å². The van der Waals surface area contributed by atoms with Gasteiger partial charge in [0.05, 0.1) is 12.1 Å². The number of nitrogens with zero attached hydrogens (tertiary/aromatic N) is 2. The topological polar surface area (TPSA) is 36.4 Å². The normalized spacial score (nSPS) is 26.5. The minimum atomic E-state index is -0.0504. The van der Waals surface area contributed by atoms with Gasteiger partial charge >= 0.3 is 0 Å². The van der Waals surface area contributed by atoms with E-state index in [-0.39, 0.29) is 6.10 Å². The van der Waals surface area contributed by atoms with Crippen molar-refractivity contribution in [2.24, 2.45) is 5.92 Å². The van der Waals surface area contributed by atoms with Gasteiger partial charge in [0.25, 0.3) is 0 Å². The van der Waals surface area contributed by atoms with E-state index in [1.165, 1.54) is 5.01 Å². The molecular weight excluding hydrogens is 244 g/mol. The number of aromatic nitrogens is 1. The number of aryl methyl sites for hydroxylation is 1. The molecule has 0 aliphatic heterocycles. The minimum Gasteiger partial charge on any atom is -0.393 e. The van der Waals surface area contributed by atoms with Crippen molar-refractivity contribution >= 4 is 11.3 Å². The lowest BCUT2D eigenvalue weighted by molar-refractivity contribution is 0.0922. The molecule has 0 radical (unpaired) electrons. The summed E-state index contributed by atoms with van der Waals surface area (Å²) in [7, 11) is 2.19. The molecule has 1 N–H and O–H groups in total. The summed E-state index contributed by atoms with van der Waals surface area (Å²) >= 11 is 1.76. The van der Waals surface area contributed by atoms with Gasteiger partial charge in [-0.15, -0.1) is 11.3 Å². The number of aliphatic hydroxyl groups excluding tert-OH is 1. The van der Waals surface area contributed by atoms with Gasteiger partial charge in [0.2, 0.25) is 0 Å². The van der Waals surface area contributed by atoms with E-state index in [1.54, 1.807) is 11.3 Å². The Bertz CT molecular complexity index is 372. The summed E-state index contributed by atoms with van der Waals surface area (Å²) in [5.41, 5.74) is 1.12. The third kappa shape index (κ3) is 3.53. The van der Waals surface area contributed by atoms with Crippen LogP contribution in [0.1, 0.15) is 49.4 Å². The standard InChI is InChI=1S/C14H24N2OS/c1-10-9-18-14(15-10)11(2)16(3)8-12-4-6-13(17)7-5-12/h9,11-13,17H,4-8H2,1-3H3/t11-,12?,13?/m1/s1. The molecule has 0 unspecified atom stereocenters. The Morgan fingerprint density at radius 3 is 2.67 bits per heavy atom. The van der Waals surface area contributed by atoms with Gasteiger partial charge in [0.15, 0.2) is 0 Å². The average Bonchev–Trinajstić information content (AvgIpc) is 2.78. The van der Waals surface area contributed by atoms with Crippen molar-refractivity contribution in [1.82, 2.24) is 9.88 Å². The minimum absolute atomic E-state index is 0.0504. The van der Waals surface area contributed by atoms with E-state index in [0.717, 1.165) is 43.8 Å². The van der Waals surface area contributed by atoms with Gasteiger partial charge in [0.1, 0.15) is 5.01 Å². The van der Waals surface area contributed by atoms with Crippen molar-refractivity contribution < 1.29 is 5.11 Å². The van der Waals surface area contributed by atoms with Crippen molar-refractivity contribution in [3.05, 3.63) is 16.1 Å². The van der Waals surface area contributed by atoms with Crippen LogP contribution in [0.15, 0.2) is 5.38 Å². The first-order valence-corrected chi connectivity index (χ1v) is 7.74. The lowest BCUT2D eigenvalue weighted by Gasteiger charge is -2.31. The fraction of sp³-hybridized carbons (Fsp3) is 0.786. The lowest BCUT2D eigenvalue weighted by Crippen LogP contribution is -2.31. The van der Waals surface area contributed by atoms with Gasteiger partial charge in [-0.1, -0.05) is 0 Å². The monoisotopic (exact) mass is 268 g/mol. The quantitative estimate of drug-likeness (QED) is 0.912. The van der Waals surface area contributed by atoms with Crippen molar-refractivity contribution in [1.29, 1.82) is 0 Å². The van der Waals surface area contributed by atoms with E-state index in [9.17, 15) is 5.11 Å². The van der Waals surface area contributed by atoms with Gasteiger partial charge < -0.3 is 5.11 Å². The molecule has 18 heavy (non-hydrogen) atoms. The Morgan fingerprint density at radius 1 is 1.44 bits per heavy atom. The Balaban J connectivity index is 1.85. The van der Waals surface area contributed by atoms with Crippen LogP contribution in [0.4, 0.5) is 0 Å². The van der Waals surface area contributed by atoms with E-state index in [2.05, 4.69) is 36.2 Å². The molecule has 1 aliphatic rings. The summed E-state index contributed by atoms with van der Waals surface area (Å²) in [5.74, 6) is 0.738. The second kappa shape index (κ2) is 6.13. The molecule has 102 valence electrons. The predicted octanol–water partition coefficient (Wildman–Crippen LogP) is 3.00. The Kier molecular flexibility index (Phi) is 4.76. The molecule has 0 amide bonds. The van der Waals surface area contributed by atoms with Crippen LogP contribution in [0.3, 0.4) is 0 Å². The number of aliphatic hydroxyl groups is 1. The molecule has 1 aromatic heterocycles. The van der Waals surface area contributed by atoms with Crippen LogP contribution < -0.4 is 0 Å². The number of rotatable bonds is 4. The average molecular weight is 268 g/mol. The highest BCUT2D eigenvalue weighted by Gasteiger charge is 2.23. The van der Waals surface area contributed by atoms with Crippen LogP contribution in [-0.4, -0.2) is 34.7 Å². The summed E-state index contributed by atoms with van der Waals surface area (Å²) in [6.07, 6.45) is 4.22. The highest BCUT2D eigenvalue weighted by molar-refractivity contribution is 7.09. The molecule has 1 saturated carbocycles. The summed E-state index contributed by atoms with van der Waals surface area (Å²) < 4.78 is 0. The Hall–Kier alpha value is -0.450. The summed E-state index contributed by atoms with van der Waals surface area (Å²) in [6, 6.07) is 0.399. The molecule has 0 bridgehead atoms. The molecule has 1 fully saturated rings. The highest BCUT2D eigenvalue weighted by Crippen LogP contribution is 2.28. The molecule has 1 atom stereocenters. The number of thiazole rings is 1. The molecule has 3 nitrogen and oxygen atoms in total. The zero-order valence-electron chi connectivity index (χ0n) is 11.6. The van der Waals surface area contributed by atoms with Crippen molar-refractivity contribution in [2.75, 3.05) is 13.6 Å². The fourth-order valence-electron chi connectivity index (χ4n) is 2.65. The Morgan fingerprint density at radius 2 is 2.11 bits per heavy atom. The maximum Gasteiger partial charge on any atom is 0.110 e. The summed E-state index contributed by atoms with van der Waals surface area (Å²) in [5, 5.41) is 12.9. The van der Waals surface area contributed by atoms with Gasteiger partial charge in [-0.2, -0.15) is 0 Å². The zero-order valence-corrected chi connectivity index (χ0v) is 12.4. The van der Waals surface area contributed by atoms with E-state index in [4.69, 9.17) is 0 Å². The second-order valence-corrected chi connectivity index (χ2v) is 6.51. The molecular formula is C14H24N2OS. The van der Waals surface area contributed by atoms with Crippen LogP contribution in [0.5, 0.6) is 0 Å². The molecule has 0 aromatic carbocycles. The molecule has 1 heterocycles. The maximum absolute atomic E-state index is 9.53. The van der Waals surface area contributed by atoms with Crippen LogP contribution in [-0.2, 0) is 0 Å². The first-order valence-electron chi connectivity index (χ1n) is 6.86. The first kappa shape index (κ1) is 14.0. The zero-order chi connectivity index (χ0) is 13.1. The van der Waals surface area contributed by atoms with Crippen LogP contribution >= 0.6 is 11.3 Å². The molecule has 0 saturated heterocycles. The van der Waals surface area contributed by atoms with Crippen molar-refractivity contribution in [2.45, 2.75) is 51.7 Å². The fourth-order valence-corrected chi connectivity index (χ4v) is 3.56. The van der Waals surface area contributed by atoms with E-state index in [0.29, 0.717) is 6.04 Å². The van der Waals surface area contributed by atoms with Crippen molar-refractivity contribution in [3.8, 4) is 0 Å². The van der Waals surface area contributed by atoms with Gasteiger partial charge in [-0.25, -0.2) is 4.98 Å². The Labute approximate surface area is 114 Å². The smallest absolute Gasteiger partial charge is 0.110 e. The van der Waals surface area contributed by atoms with Crippen molar-refractivity contribution in [3.63, 3.8) is 0 Å². The molecule has 0 spiro atoms. The summed E-state index contributed by atoms with van der Waals surface area (Å²) in [4.78, 5) is 6.98. The lowest BCUT2D eigenvalue weighted by atomic mass is 9.87. The first-order chi connectivity index (χ1) is 8.56. The predicted molar refractivity (Wildman–Crippen MR) is 75.9 cm³/mol. The van der Waals surface area contributed by atoms with Crippen LogP contribution in [0, 0.1) is 12.8 Å².